The Hall–Kier alpha value is -2.01. The predicted molar refractivity (Wildman–Crippen MR) is 85.3 cm³/mol. The fourth-order valence-electron chi connectivity index (χ4n) is 3.12. The summed E-state index contributed by atoms with van der Waals surface area (Å²) in [6.45, 7) is 4.00. The van der Waals surface area contributed by atoms with E-state index in [1.54, 1.807) is 14.2 Å². The zero-order valence-electron chi connectivity index (χ0n) is 13.4. The van der Waals surface area contributed by atoms with Gasteiger partial charge in [0.05, 0.1) is 20.3 Å². The number of aryl methyl sites for hydroxylation is 1. The number of benzene rings is 1. The molecule has 0 aliphatic carbocycles. The number of hydrogen-bond donors (Lipinski definition) is 1. The fraction of sp³-hybridized carbons (Fsp3) is 0.471. The summed E-state index contributed by atoms with van der Waals surface area (Å²) in [5.41, 5.74) is 2.32. The molecular formula is C17H23N3O2. The van der Waals surface area contributed by atoms with E-state index in [0.29, 0.717) is 6.04 Å². The molecule has 1 saturated heterocycles. The quantitative estimate of drug-likeness (QED) is 0.922. The van der Waals surface area contributed by atoms with Crippen LogP contribution in [0.1, 0.15) is 36.0 Å². The van der Waals surface area contributed by atoms with Crippen molar-refractivity contribution >= 4 is 0 Å². The standard InChI is InChI=1S/C17H23N3O2/c1-12-10-18-17(19-12)16-5-4-6-20(16)11-13-7-14(21-2)9-15(8-13)22-3/h7-10,16H,4-6,11H2,1-3H3,(H,18,19). The van der Waals surface area contributed by atoms with Crippen LogP contribution in [0.4, 0.5) is 0 Å². The van der Waals surface area contributed by atoms with Crippen LogP contribution in [0.25, 0.3) is 0 Å². The zero-order chi connectivity index (χ0) is 15.5. The lowest BCUT2D eigenvalue weighted by Gasteiger charge is -2.23. The lowest BCUT2D eigenvalue weighted by atomic mass is 10.1. The van der Waals surface area contributed by atoms with Crippen molar-refractivity contribution in [3.05, 3.63) is 41.5 Å². The first kappa shape index (κ1) is 14.9. The zero-order valence-corrected chi connectivity index (χ0v) is 13.4. The van der Waals surface area contributed by atoms with Gasteiger partial charge >= 0.3 is 0 Å². The number of aromatic amines is 1. The number of likely N-dealkylation sites (tertiary alicyclic amines) is 1. The van der Waals surface area contributed by atoms with E-state index in [1.807, 2.05) is 19.2 Å². The van der Waals surface area contributed by atoms with E-state index >= 15 is 0 Å². The molecule has 1 aliphatic heterocycles. The molecule has 1 fully saturated rings. The molecular weight excluding hydrogens is 278 g/mol. The van der Waals surface area contributed by atoms with Gasteiger partial charge in [0.1, 0.15) is 17.3 Å². The molecule has 5 nitrogen and oxygen atoms in total. The number of rotatable bonds is 5. The van der Waals surface area contributed by atoms with Crippen molar-refractivity contribution in [2.45, 2.75) is 32.4 Å². The average Bonchev–Trinajstić information content (AvgIpc) is 3.15. The molecule has 2 aromatic rings. The molecule has 3 rings (SSSR count). The van der Waals surface area contributed by atoms with Crippen molar-refractivity contribution in [3.63, 3.8) is 0 Å². The second kappa shape index (κ2) is 6.40. The highest BCUT2D eigenvalue weighted by atomic mass is 16.5. The molecule has 0 bridgehead atoms. The molecule has 1 aromatic heterocycles. The van der Waals surface area contributed by atoms with Crippen molar-refractivity contribution < 1.29 is 9.47 Å². The number of ether oxygens (including phenoxy) is 2. The Balaban J connectivity index is 1.79. The lowest BCUT2D eigenvalue weighted by molar-refractivity contribution is 0.240. The van der Waals surface area contributed by atoms with Gasteiger partial charge in [-0.05, 0) is 44.0 Å². The van der Waals surface area contributed by atoms with Gasteiger partial charge in [0.2, 0.25) is 0 Å². The largest absolute Gasteiger partial charge is 0.497 e. The van der Waals surface area contributed by atoms with Crippen molar-refractivity contribution in [3.8, 4) is 11.5 Å². The Bertz CT molecular complexity index is 616. The first-order valence-electron chi connectivity index (χ1n) is 7.67. The van der Waals surface area contributed by atoms with Crippen molar-refractivity contribution in [1.82, 2.24) is 14.9 Å². The highest BCUT2D eigenvalue weighted by Gasteiger charge is 2.28. The summed E-state index contributed by atoms with van der Waals surface area (Å²) in [5.74, 6) is 2.74. The summed E-state index contributed by atoms with van der Waals surface area (Å²) in [4.78, 5) is 10.4. The van der Waals surface area contributed by atoms with E-state index in [1.165, 1.54) is 12.0 Å². The highest BCUT2D eigenvalue weighted by Crippen LogP contribution is 2.33. The van der Waals surface area contributed by atoms with Crippen LogP contribution in [0, 0.1) is 6.92 Å². The van der Waals surface area contributed by atoms with Gasteiger partial charge in [-0.15, -0.1) is 0 Å². The Morgan fingerprint density at radius 2 is 1.95 bits per heavy atom. The first-order valence-corrected chi connectivity index (χ1v) is 7.67. The predicted octanol–water partition coefficient (Wildman–Crippen LogP) is 3.07. The maximum atomic E-state index is 5.36. The highest BCUT2D eigenvalue weighted by molar-refractivity contribution is 5.38. The molecule has 2 heterocycles. The molecule has 0 saturated carbocycles. The summed E-state index contributed by atoms with van der Waals surface area (Å²) in [5, 5.41) is 0. The minimum atomic E-state index is 0.367. The van der Waals surface area contributed by atoms with Gasteiger partial charge in [0.25, 0.3) is 0 Å². The normalized spacial score (nSPS) is 18.6. The second-order valence-electron chi connectivity index (χ2n) is 5.80. The van der Waals surface area contributed by atoms with Crippen LogP contribution in [0.15, 0.2) is 24.4 Å². The number of methoxy groups -OCH3 is 2. The van der Waals surface area contributed by atoms with Crippen LogP contribution in [0.3, 0.4) is 0 Å². The van der Waals surface area contributed by atoms with Crippen molar-refractivity contribution in [2.75, 3.05) is 20.8 Å². The molecule has 1 N–H and O–H groups in total. The monoisotopic (exact) mass is 301 g/mol. The summed E-state index contributed by atoms with van der Waals surface area (Å²) in [6, 6.07) is 6.42. The van der Waals surface area contributed by atoms with Crippen LogP contribution >= 0.6 is 0 Å². The summed E-state index contributed by atoms with van der Waals surface area (Å²) >= 11 is 0. The van der Waals surface area contributed by atoms with Gasteiger partial charge in [-0.2, -0.15) is 0 Å². The number of H-pyrrole nitrogens is 1. The van der Waals surface area contributed by atoms with E-state index in [-0.39, 0.29) is 0 Å². The van der Waals surface area contributed by atoms with Crippen LogP contribution in [-0.4, -0.2) is 35.6 Å². The van der Waals surface area contributed by atoms with E-state index < -0.39 is 0 Å². The molecule has 5 heteroatoms. The van der Waals surface area contributed by atoms with Crippen LogP contribution in [0.2, 0.25) is 0 Å². The number of hydrogen-bond acceptors (Lipinski definition) is 4. The molecule has 0 spiro atoms. The van der Waals surface area contributed by atoms with Gasteiger partial charge in [0, 0.05) is 24.5 Å². The third-order valence-corrected chi connectivity index (χ3v) is 4.20. The smallest absolute Gasteiger partial charge is 0.123 e. The van der Waals surface area contributed by atoms with E-state index in [9.17, 15) is 0 Å². The SMILES string of the molecule is COc1cc(CN2CCCC2c2ncc(C)[nH]2)cc(OC)c1. The number of nitrogens with one attached hydrogen (secondary N) is 1. The molecule has 22 heavy (non-hydrogen) atoms. The third kappa shape index (κ3) is 3.09. The molecule has 118 valence electrons. The number of aromatic nitrogens is 2. The number of imidazole rings is 1. The summed E-state index contributed by atoms with van der Waals surface area (Å²) in [7, 11) is 3.37. The van der Waals surface area contributed by atoms with Gasteiger partial charge in [-0.25, -0.2) is 4.98 Å². The topological polar surface area (TPSA) is 50.4 Å². The molecule has 1 aliphatic rings. The molecule has 0 radical (unpaired) electrons. The van der Waals surface area contributed by atoms with Gasteiger partial charge in [0.15, 0.2) is 0 Å². The van der Waals surface area contributed by atoms with Gasteiger partial charge < -0.3 is 14.5 Å². The van der Waals surface area contributed by atoms with E-state index in [0.717, 1.165) is 42.5 Å². The summed E-state index contributed by atoms with van der Waals surface area (Å²) in [6.07, 6.45) is 4.25. The van der Waals surface area contributed by atoms with Crippen molar-refractivity contribution in [1.29, 1.82) is 0 Å². The van der Waals surface area contributed by atoms with Crippen molar-refractivity contribution in [2.24, 2.45) is 0 Å². The minimum absolute atomic E-state index is 0.367. The van der Waals surface area contributed by atoms with Crippen LogP contribution in [0.5, 0.6) is 11.5 Å². The molecule has 1 aromatic carbocycles. The molecule has 1 atom stereocenters. The van der Waals surface area contributed by atoms with E-state index in [2.05, 4.69) is 27.0 Å². The second-order valence-corrected chi connectivity index (χ2v) is 5.80. The third-order valence-electron chi connectivity index (χ3n) is 4.20. The fourth-order valence-corrected chi connectivity index (χ4v) is 3.12. The molecule has 1 unspecified atom stereocenters. The Morgan fingerprint density at radius 1 is 1.23 bits per heavy atom. The first-order chi connectivity index (χ1) is 10.7. The minimum Gasteiger partial charge on any atom is -0.497 e. The van der Waals surface area contributed by atoms with E-state index in [4.69, 9.17) is 9.47 Å². The Morgan fingerprint density at radius 3 is 2.55 bits per heavy atom. The summed E-state index contributed by atoms with van der Waals surface area (Å²) < 4.78 is 10.7. The van der Waals surface area contributed by atoms with Gasteiger partial charge in [-0.3, -0.25) is 4.90 Å². The maximum Gasteiger partial charge on any atom is 0.123 e. The van der Waals surface area contributed by atoms with Crippen LogP contribution < -0.4 is 9.47 Å². The van der Waals surface area contributed by atoms with Gasteiger partial charge in [-0.1, -0.05) is 0 Å². The average molecular weight is 301 g/mol. The maximum absolute atomic E-state index is 5.36. The Kier molecular flexibility index (Phi) is 4.34. The van der Waals surface area contributed by atoms with Crippen LogP contribution in [-0.2, 0) is 6.54 Å². The Labute approximate surface area is 131 Å². The lowest BCUT2D eigenvalue weighted by Crippen LogP contribution is -2.23. The molecule has 0 amide bonds. The number of nitrogens with zero attached hydrogens (tertiary/aromatic N) is 2.